The standard InChI is InChI=1S/C7H4ClFN2O/c8-6-2-1-5(7(9)11-6)12-4-3-10/h1-2H,4H2. The largest absolute Gasteiger partial charge is 0.474 e. The van der Waals surface area contributed by atoms with Crippen molar-refractivity contribution in [3.8, 4) is 11.8 Å². The third kappa shape index (κ3) is 2.07. The monoisotopic (exact) mass is 186 g/mol. The molecule has 0 atom stereocenters. The van der Waals surface area contributed by atoms with E-state index in [0.29, 0.717) is 0 Å². The van der Waals surface area contributed by atoms with E-state index in [1.54, 1.807) is 6.07 Å². The summed E-state index contributed by atoms with van der Waals surface area (Å²) in [7, 11) is 0. The van der Waals surface area contributed by atoms with E-state index in [0.717, 1.165) is 0 Å². The Morgan fingerprint density at radius 3 is 3.00 bits per heavy atom. The maximum atomic E-state index is 12.7. The summed E-state index contributed by atoms with van der Waals surface area (Å²) >= 11 is 5.38. The molecule has 0 fully saturated rings. The fraction of sp³-hybridized carbons (Fsp3) is 0.143. The molecule has 1 aromatic rings. The number of rotatable bonds is 2. The molecule has 5 heteroatoms. The summed E-state index contributed by atoms with van der Waals surface area (Å²) in [6, 6.07) is 4.42. The first-order chi connectivity index (χ1) is 5.74. The fourth-order valence-electron chi connectivity index (χ4n) is 0.617. The summed E-state index contributed by atoms with van der Waals surface area (Å²) in [5.74, 6) is -0.876. The van der Waals surface area contributed by atoms with Crippen LogP contribution in [0.1, 0.15) is 0 Å². The average molecular weight is 187 g/mol. The molecular formula is C7H4ClFN2O. The van der Waals surface area contributed by atoms with Crippen LogP contribution in [0.25, 0.3) is 0 Å². The van der Waals surface area contributed by atoms with Crippen LogP contribution in [0.15, 0.2) is 12.1 Å². The molecule has 0 aliphatic carbocycles. The highest BCUT2D eigenvalue weighted by atomic mass is 35.5. The van der Waals surface area contributed by atoms with Crippen LogP contribution < -0.4 is 4.74 Å². The molecule has 0 aromatic carbocycles. The molecule has 12 heavy (non-hydrogen) atoms. The van der Waals surface area contributed by atoms with Gasteiger partial charge in [-0.15, -0.1) is 0 Å². The van der Waals surface area contributed by atoms with Crippen LogP contribution in [0.3, 0.4) is 0 Å². The van der Waals surface area contributed by atoms with E-state index in [9.17, 15) is 4.39 Å². The minimum absolute atomic E-state index is 0.0526. The van der Waals surface area contributed by atoms with Crippen LogP contribution in [0.2, 0.25) is 5.15 Å². The zero-order valence-electron chi connectivity index (χ0n) is 5.92. The van der Waals surface area contributed by atoms with Gasteiger partial charge in [0.25, 0.3) is 5.95 Å². The van der Waals surface area contributed by atoms with E-state index in [1.807, 2.05) is 0 Å². The van der Waals surface area contributed by atoms with Gasteiger partial charge in [-0.3, -0.25) is 0 Å². The van der Waals surface area contributed by atoms with Crippen LogP contribution in [0, 0.1) is 17.3 Å². The van der Waals surface area contributed by atoms with Gasteiger partial charge in [0.05, 0.1) is 0 Å². The summed E-state index contributed by atoms with van der Waals surface area (Å²) in [4.78, 5) is 3.29. The van der Waals surface area contributed by atoms with E-state index in [4.69, 9.17) is 16.9 Å². The van der Waals surface area contributed by atoms with Gasteiger partial charge in [-0.25, -0.2) is 4.98 Å². The normalized spacial score (nSPS) is 9.08. The smallest absolute Gasteiger partial charge is 0.256 e. The van der Waals surface area contributed by atoms with Gasteiger partial charge >= 0.3 is 0 Å². The van der Waals surface area contributed by atoms with Crippen LogP contribution >= 0.6 is 11.6 Å². The first kappa shape index (κ1) is 8.75. The number of hydrogen-bond donors (Lipinski definition) is 0. The minimum atomic E-state index is -0.808. The Bertz CT molecular complexity index is 324. The molecule has 0 aliphatic rings. The zero-order valence-corrected chi connectivity index (χ0v) is 6.68. The average Bonchev–Trinajstić information content (AvgIpc) is 2.03. The van der Waals surface area contributed by atoms with E-state index in [2.05, 4.69) is 9.72 Å². The maximum absolute atomic E-state index is 12.7. The molecule has 0 radical (unpaired) electrons. The Morgan fingerprint density at radius 1 is 1.67 bits per heavy atom. The van der Waals surface area contributed by atoms with Crippen molar-refractivity contribution < 1.29 is 9.13 Å². The van der Waals surface area contributed by atoms with Gasteiger partial charge in [0.15, 0.2) is 12.4 Å². The second-order valence-corrected chi connectivity index (χ2v) is 2.26. The van der Waals surface area contributed by atoms with Crippen LogP contribution in [-0.2, 0) is 0 Å². The van der Waals surface area contributed by atoms with Crippen molar-refractivity contribution in [3.63, 3.8) is 0 Å². The van der Waals surface area contributed by atoms with E-state index < -0.39 is 5.95 Å². The Morgan fingerprint density at radius 2 is 2.42 bits per heavy atom. The number of nitriles is 1. The topological polar surface area (TPSA) is 45.9 Å². The number of nitrogens with zero attached hydrogens (tertiary/aromatic N) is 2. The molecule has 0 unspecified atom stereocenters. The van der Waals surface area contributed by atoms with Crippen molar-refractivity contribution in [1.82, 2.24) is 4.98 Å². The summed E-state index contributed by atoms with van der Waals surface area (Å²) < 4.78 is 17.4. The quantitative estimate of drug-likeness (QED) is 0.662. The minimum Gasteiger partial charge on any atom is -0.474 e. The van der Waals surface area contributed by atoms with Gasteiger partial charge < -0.3 is 4.74 Å². The van der Waals surface area contributed by atoms with Crippen molar-refractivity contribution in [2.75, 3.05) is 6.61 Å². The van der Waals surface area contributed by atoms with E-state index in [-0.39, 0.29) is 17.5 Å². The predicted octanol–water partition coefficient (Wildman–Crippen LogP) is 1.78. The Labute approximate surface area is 73.4 Å². The molecule has 0 spiro atoms. The second-order valence-electron chi connectivity index (χ2n) is 1.87. The first-order valence-electron chi connectivity index (χ1n) is 3.06. The third-order valence-corrected chi connectivity index (χ3v) is 1.28. The van der Waals surface area contributed by atoms with E-state index in [1.165, 1.54) is 12.1 Å². The fourth-order valence-corrected chi connectivity index (χ4v) is 0.754. The van der Waals surface area contributed by atoms with Gasteiger partial charge in [0.1, 0.15) is 11.2 Å². The lowest BCUT2D eigenvalue weighted by molar-refractivity contribution is 0.340. The van der Waals surface area contributed by atoms with Gasteiger partial charge in [-0.1, -0.05) is 11.6 Å². The lowest BCUT2D eigenvalue weighted by atomic mass is 10.4. The molecule has 0 N–H and O–H groups in total. The second kappa shape index (κ2) is 3.88. The Balaban J connectivity index is 2.81. The van der Waals surface area contributed by atoms with Gasteiger partial charge in [0, 0.05) is 0 Å². The molecule has 0 bridgehead atoms. The number of ether oxygens (including phenoxy) is 1. The number of hydrogen-bond acceptors (Lipinski definition) is 3. The highest BCUT2D eigenvalue weighted by Gasteiger charge is 2.04. The third-order valence-electron chi connectivity index (χ3n) is 1.07. The van der Waals surface area contributed by atoms with Crippen LogP contribution in [-0.4, -0.2) is 11.6 Å². The lowest BCUT2D eigenvalue weighted by Gasteiger charge is -2.00. The SMILES string of the molecule is N#CCOc1ccc(Cl)nc1F. The summed E-state index contributed by atoms with van der Waals surface area (Å²) in [6.07, 6.45) is 0. The molecule has 1 rings (SSSR count). The van der Waals surface area contributed by atoms with Crippen molar-refractivity contribution in [2.45, 2.75) is 0 Å². The van der Waals surface area contributed by atoms with Crippen molar-refractivity contribution in [2.24, 2.45) is 0 Å². The Hall–Kier alpha value is -1.34. The Kier molecular flexibility index (Phi) is 2.83. The van der Waals surface area contributed by atoms with E-state index >= 15 is 0 Å². The molecular weight excluding hydrogens is 183 g/mol. The van der Waals surface area contributed by atoms with Crippen molar-refractivity contribution in [3.05, 3.63) is 23.2 Å². The predicted molar refractivity (Wildman–Crippen MR) is 40.3 cm³/mol. The van der Waals surface area contributed by atoms with Crippen LogP contribution in [0.5, 0.6) is 5.75 Å². The number of aromatic nitrogens is 1. The van der Waals surface area contributed by atoms with Gasteiger partial charge in [0.2, 0.25) is 0 Å². The van der Waals surface area contributed by atoms with Gasteiger partial charge in [-0.05, 0) is 12.1 Å². The molecule has 0 amide bonds. The van der Waals surface area contributed by atoms with Gasteiger partial charge in [-0.2, -0.15) is 9.65 Å². The highest BCUT2D eigenvalue weighted by molar-refractivity contribution is 6.29. The molecule has 62 valence electrons. The first-order valence-corrected chi connectivity index (χ1v) is 3.43. The number of pyridine rings is 1. The summed E-state index contributed by atoms with van der Waals surface area (Å²) in [5.41, 5.74) is 0. The molecule has 0 saturated heterocycles. The molecule has 3 nitrogen and oxygen atoms in total. The lowest BCUT2D eigenvalue weighted by Crippen LogP contribution is -1.97. The summed E-state index contributed by atoms with van der Waals surface area (Å²) in [5, 5.41) is 8.18. The summed E-state index contributed by atoms with van der Waals surface area (Å²) in [6.45, 7) is -0.208. The molecule has 1 heterocycles. The molecule has 0 saturated carbocycles. The zero-order chi connectivity index (χ0) is 8.97. The van der Waals surface area contributed by atoms with Crippen molar-refractivity contribution in [1.29, 1.82) is 5.26 Å². The number of halogens is 2. The molecule has 0 aliphatic heterocycles. The molecule has 1 aromatic heterocycles. The van der Waals surface area contributed by atoms with Crippen LogP contribution in [0.4, 0.5) is 4.39 Å². The maximum Gasteiger partial charge on any atom is 0.256 e. The highest BCUT2D eigenvalue weighted by Crippen LogP contribution is 2.16. The van der Waals surface area contributed by atoms with Crippen molar-refractivity contribution >= 4 is 11.6 Å².